The second kappa shape index (κ2) is 3.52. The molecule has 4 heteroatoms. The highest BCUT2D eigenvalue weighted by molar-refractivity contribution is 6.33. The van der Waals surface area contributed by atoms with Crippen molar-refractivity contribution in [1.82, 2.24) is 5.43 Å². The normalized spacial score (nSPS) is 18.8. The lowest BCUT2D eigenvalue weighted by Crippen LogP contribution is -2.45. The molecule has 1 heterocycles. The van der Waals surface area contributed by atoms with Crippen molar-refractivity contribution >= 4 is 23.2 Å². The minimum absolute atomic E-state index is 0.162. The smallest absolute Gasteiger partial charge is 0.267 e. The van der Waals surface area contributed by atoms with Crippen molar-refractivity contribution in [3.63, 3.8) is 0 Å². The van der Waals surface area contributed by atoms with Crippen LogP contribution in [0.25, 0.3) is 0 Å². The van der Waals surface area contributed by atoms with Crippen molar-refractivity contribution in [2.24, 2.45) is 0 Å². The molecule has 0 aliphatic carbocycles. The molecular weight excluding hydrogens is 224 g/mol. The minimum Gasteiger partial charge on any atom is -0.274 e. The van der Waals surface area contributed by atoms with Gasteiger partial charge in [0.05, 0.1) is 16.2 Å². The van der Waals surface area contributed by atoms with Gasteiger partial charge in [0.15, 0.2) is 0 Å². The fraction of sp³-hybridized carbons (Fsp3) is 0.250. The van der Waals surface area contributed by atoms with Crippen molar-refractivity contribution in [2.45, 2.75) is 19.4 Å². The molecule has 0 bridgehead atoms. The van der Waals surface area contributed by atoms with Crippen molar-refractivity contribution in [3.8, 4) is 0 Å². The van der Waals surface area contributed by atoms with E-state index in [4.69, 9.17) is 11.6 Å². The SMILES string of the molecule is C=C1C(=O)NN(c2ccccc2Cl)C1(C)C. The molecule has 1 N–H and O–H groups in total. The zero-order chi connectivity index (χ0) is 11.9. The molecule has 3 nitrogen and oxygen atoms in total. The van der Waals surface area contributed by atoms with E-state index in [1.807, 2.05) is 32.0 Å². The molecule has 1 aromatic rings. The molecule has 2 rings (SSSR count). The van der Waals surface area contributed by atoms with E-state index in [9.17, 15) is 4.79 Å². The summed E-state index contributed by atoms with van der Waals surface area (Å²) < 4.78 is 0. The maximum atomic E-state index is 11.6. The summed E-state index contributed by atoms with van der Waals surface area (Å²) in [6.45, 7) is 7.65. The summed E-state index contributed by atoms with van der Waals surface area (Å²) in [5, 5.41) is 2.35. The van der Waals surface area contributed by atoms with E-state index >= 15 is 0 Å². The fourth-order valence-corrected chi connectivity index (χ4v) is 1.94. The number of halogens is 1. The van der Waals surface area contributed by atoms with E-state index in [0.717, 1.165) is 5.69 Å². The first-order chi connectivity index (χ1) is 7.44. The summed E-state index contributed by atoms with van der Waals surface area (Å²) in [5.41, 5.74) is 3.60. The molecule has 1 aliphatic rings. The molecule has 0 saturated carbocycles. The van der Waals surface area contributed by atoms with Gasteiger partial charge in [-0.25, -0.2) is 0 Å². The van der Waals surface area contributed by atoms with Crippen LogP contribution in [0.5, 0.6) is 0 Å². The molecule has 1 fully saturated rings. The first-order valence-electron chi connectivity index (χ1n) is 4.99. The van der Waals surface area contributed by atoms with Crippen LogP contribution < -0.4 is 10.4 Å². The van der Waals surface area contributed by atoms with Crippen LogP contribution in [-0.4, -0.2) is 11.4 Å². The first-order valence-corrected chi connectivity index (χ1v) is 5.37. The highest BCUT2D eigenvalue weighted by atomic mass is 35.5. The van der Waals surface area contributed by atoms with Gasteiger partial charge in [-0.05, 0) is 26.0 Å². The summed E-state index contributed by atoms with van der Waals surface area (Å²) in [7, 11) is 0. The van der Waals surface area contributed by atoms with Gasteiger partial charge in [0.2, 0.25) is 0 Å². The van der Waals surface area contributed by atoms with Crippen LogP contribution in [0.3, 0.4) is 0 Å². The number of carbonyl (C=O) groups excluding carboxylic acids is 1. The van der Waals surface area contributed by atoms with Crippen molar-refractivity contribution in [1.29, 1.82) is 0 Å². The molecule has 1 amide bonds. The molecule has 1 saturated heterocycles. The van der Waals surface area contributed by atoms with Gasteiger partial charge in [-0.3, -0.25) is 15.2 Å². The molecule has 0 radical (unpaired) electrons. The summed E-state index contributed by atoms with van der Waals surface area (Å²) in [6.07, 6.45) is 0. The second-order valence-corrected chi connectivity index (χ2v) is 4.67. The van der Waals surface area contributed by atoms with Gasteiger partial charge in [0.1, 0.15) is 0 Å². The van der Waals surface area contributed by atoms with Gasteiger partial charge >= 0.3 is 0 Å². The van der Waals surface area contributed by atoms with Crippen molar-refractivity contribution in [3.05, 3.63) is 41.4 Å². The Balaban J connectivity index is 2.47. The monoisotopic (exact) mass is 236 g/mol. The Morgan fingerprint density at radius 3 is 2.50 bits per heavy atom. The molecule has 1 aromatic carbocycles. The Hall–Kier alpha value is -1.48. The van der Waals surface area contributed by atoms with Crippen molar-refractivity contribution in [2.75, 3.05) is 5.01 Å². The van der Waals surface area contributed by atoms with E-state index in [0.29, 0.717) is 10.6 Å². The zero-order valence-corrected chi connectivity index (χ0v) is 10.0. The van der Waals surface area contributed by atoms with Crippen LogP contribution in [-0.2, 0) is 4.79 Å². The fourth-order valence-electron chi connectivity index (χ4n) is 1.72. The molecule has 0 spiro atoms. The number of hydrogen-bond acceptors (Lipinski definition) is 2. The largest absolute Gasteiger partial charge is 0.274 e. The summed E-state index contributed by atoms with van der Waals surface area (Å²) in [6, 6.07) is 7.39. The number of nitrogens with one attached hydrogen (secondary N) is 1. The molecule has 0 atom stereocenters. The van der Waals surface area contributed by atoms with Gasteiger partial charge in [-0.1, -0.05) is 30.3 Å². The third-order valence-corrected chi connectivity index (χ3v) is 3.20. The molecule has 16 heavy (non-hydrogen) atoms. The van der Waals surface area contributed by atoms with Crippen LogP contribution in [0, 0.1) is 0 Å². The number of carbonyl (C=O) groups is 1. The van der Waals surface area contributed by atoms with Crippen LogP contribution >= 0.6 is 11.6 Å². The lowest BCUT2D eigenvalue weighted by molar-refractivity contribution is -0.116. The standard InChI is InChI=1S/C12H13ClN2O/c1-8-11(16)14-15(12(8,2)3)10-7-5-4-6-9(10)13/h4-7H,1H2,2-3H3,(H,14,16). The Morgan fingerprint density at radius 2 is 2.00 bits per heavy atom. The molecular formula is C12H13ClN2O. The van der Waals surface area contributed by atoms with Gasteiger partial charge in [-0.15, -0.1) is 0 Å². The van der Waals surface area contributed by atoms with Crippen LogP contribution in [0.2, 0.25) is 5.02 Å². The minimum atomic E-state index is -0.470. The number of amides is 1. The predicted molar refractivity (Wildman–Crippen MR) is 65.3 cm³/mol. The number of hydrazine groups is 1. The quantitative estimate of drug-likeness (QED) is 0.760. The average Bonchev–Trinajstić information content (AvgIpc) is 2.43. The average molecular weight is 237 g/mol. The number of rotatable bonds is 1. The topological polar surface area (TPSA) is 32.3 Å². The third-order valence-electron chi connectivity index (χ3n) is 2.88. The highest BCUT2D eigenvalue weighted by Crippen LogP contribution is 2.35. The van der Waals surface area contributed by atoms with Gasteiger partial charge in [0, 0.05) is 5.57 Å². The van der Waals surface area contributed by atoms with Gasteiger partial charge in [0.25, 0.3) is 5.91 Å². The zero-order valence-electron chi connectivity index (χ0n) is 9.25. The maximum Gasteiger partial charge on any atom is 0.267 e. The Morgan fingerprint density at radius 1 is 1.38 bits per heavy atom. The number of benzene rings is 1. The van der Waals surface area contributed by atoms with Crippen LogP contribution in [0.1, 0.15) is 13.8 Å². The first kappa shape index (κ1) is 11.0. The third kappa shape index (κ3) is 1.48. The number of nitrogens with zero attached hydrogens (tertiary/aromatic N) is 1. The van der Waals surface area contributed by atoms with E-state index in [-0.39, 0.29) is 5.91 Å². The Labute approximate surface area is 99.7 Å². The predicted octanol–water partition coefficient (Wildman–Crippen LogP) is 2.53. The number of para-hydroxylation sites is 1. The lowest BCUT2D eigenvalue weighted by Gasteiger charge is -2.32. The van der Waals surface area contributed by atoms with Gasteiger partial charge < -0.3 is 0 Å². The molecule has 1 aliphatic heterocycles. The molecule has 0 unspecified atom stereocenters. The molecule has 0 aromatic heterocycles. The second-order valence-electron chi connectivity index (χ2n) is 4.27. The Bertz CT molecular complexity index is 468. The van der Waals surface area contributed by atoms with E-state index < -0.39 is 5.54 Å². The lowest BCUT2D eigenvalue weighted by atomic mass is 9.96. The van der Waals surface area contributed by atoms with E-state index in [2.05, 4.69) is 12.0 Å². The van der Waals surface area contributed by atoms with E-state index in [1.54, 1.807) is 11.1 Å². The summed E-state index contributed by atoms with van der Waals surface area (Å²) in [5.74, 6) is -0.162. The van der Waals surface area contributed by atoms with Gasteiger partial charge in [-0.2, -0.15) is 0 Å². The van der Waals surface area contributed by atoms with Crippen molar-refractivity contribution < 1.29 is 4.79 Å². The Kier molecular flexibility index (Phi) is 2.43. The number of hydrogen-bond donors (Lipinski definition) is 1. The van der Waals surface area contributed by atoms with E-state index in [1.165, 1.54) is 0 Å². The van der Waals surface area contributed by atoms with Crippen LogP contribution in [0.15, 0.2) is 36.4 Å². The summed E-state index contributed by atoms with van der Waals surface area (Å²) >= 11 is 6.10. The maximum absolute atomic E-state index is 11.6. The number of anilines is 1. The molecule has 84 valence electrons. The van der Waals surface area contributed by atoms with Crippen LogP contribution in [0.4, 0.5) is 5.69 Å². The summed E-state index contributed by atoms with van der Waals surface area (Å²) in [4.78, 5) is 11.6. The highest BCUT2D eigenvalue weighted by Gasteiger charge is 2.42.